The smallest absolute Gasteiger partial charge is 0.310 e. The molecule has 0 unspecified atom stereocenters. The van der Waals surface area contributed by atoms with Crippen LogP contribution >= 0.6 is 0 Å². The third kappa shape index (κ3) is 3.06. The van der Waals surface area contributed by atoms with Crippen molar-refractivity contribution >= 4 is 11.5 Å². The van der Waals surface area contributed by atoms with E-state index in [1.165, 1.54) is 0 Å². The first-order chi connectivity index (χ1) is 7.94. The number of fused-ring (bicyclic) bond motifs is 1. The summed E-state index contributed by atoms with van der Waals surface area (Å²) in [5, 5.41) is 0. The van der Waals surface area contributed by atoms with E-state index < -0.39 is 5.60 Å². The number of aromatic nitrogens is 2. The molecule has 0 aromatic carbocycles. The summed E-state index contributed by atoms with van der Waals surface area (Å²) in [6, 6.07) is 3.85. The highest BCUT2D eigenvalue weighted by atomic mass is 16.6. The van der Waals surface area contributed by atoms with Gasteiger partial charge in [-0.2, -0.15) is 0 Å². The lowest BCUT2D eigenvalue weighted by Crippen LogP contribution is -2.24. The molecule has 4 nitrogen and oxygen atoms in total. The van der Waals surface area contributed by atoms with Crippen LogP contribution in [0.2, 0.25) is 0 Å². The van der Waals surface area contributed by atoms with Crippen molar-refractivity contribution in [3.05, 3.63) is 36.4 Å². The standard InChI is InChI=1S/C13H16N2O2/c1-13(2,3)17-12(16)6-10-4-5-11-7-14-9-15(11)8-10/h4-5,7-9H,6H2,1-3H3. The van der Waals surface area contributed by atoms with Crippen molar-refractivity contribution in [2.24, 2.45) is 0 Å². The normalized spacial score (nSPS) is 11.7. The fourth-order valence-corrected chi connectivity index (χ4v) is 1.61. The number of carbonyl (C=O) groups is 1. The fourth-order valence-electron chi connectivity index (χ4n) is 1.61. The number of ether oxygens (including phenoxy) is 1. The first kappa shape index (κ1) is 11.6. The van der Waals surface area contributed by atoms with Crippen LogP contribution in [0.25, 0.3) is 5.52 Å². The van der Waals surface area contributed by atoms with Crippen LogP contribution in [-0.4, -0.2) is 21.0 Å². The van der Waals surface area contributed by atoms with Gasteiger partial charge in [0.1, 0.15) is 5.60 Å². The zero-order chi connectivity index (χ0) is 12.5. The zero-order valence-corrected chi connectivity index (χ0v) is 10.3. The molecule has 0 spiro atoms. The molecule has 0 atom stereocenters. The van der Waals surface area contributed by atoms with Crippen LogP contribution in [0.1, 0.15) is 26.3 Å². The van der Waals surface area contributed by atoms with Gasteiger partial charge in [0.15, 0.2) is 0 Å². The maximum absolute atomic E-state index is 11.7. The minimum atomic E-state index is -0.434. The molecule has 2 rings (SSSR count). The molecule has 0 N–H and O–H groups in total. The molecule has 0 fully saturated rings. The highest BCUT2D eigenvalue weighted by Crippen LogP contribution is 2.11. The number of carbonyl (C=O) groups excluding carboxylic acids is 1. The van der Waals surface area contributed by atoms with Crippen molar-refractivity contribution in [1.29, 1.82) is 0 Å². The minimum Gasteiger partial charge on any atom is -0.460 e. The molecule has 0 radical (unpaired) electrons. The Bertz CT molecular complexity index is 538. The molecule has 90 valence electrons. The van der Waals surface area contributed by atoms with Gasteiger partial charge in [-0.15, -0.1) is 0 Å². The Kier molecular flexibility index (Phi) is 2.88. The maximum atomic E-state index is 11.7. The lowest BCUT2D eigenvalue weighted by molar-refractivity contribution is -0.153. The van der Waals surface area contributed by atoms with Crippen molar-refractivity contribution in [1.82, 2.24) is 9.38 Å². The molecule has 2 aromatic heterocycles. The maximum Gasteiger partial charge on any atom is 0.310 e. The van der Waals surface area contributed by atoms with Crippen molar-refractivity contribution in [2.75, 3.05) is 0 Å². The topological polar surface area (TPSA) is 43.6 Å². The van der Waals surface area contributed by atoms with Gasteiger partial charge in [0.25, 0.3) is 0 Å². The van der Waals surface area contributed by atoms with E-state index in [4.69, 9.17) is 4.74 Å². The van der Waals surface area contributed by atoms with Crippen LogP contribution in [-0.2, 0) is 16.0 Å². The summed E-state index contributed by atoms with van der Waals surface area (Å²) in [4.78, 5) is 15.7. The average molecular weight is 232 g/mol. The summed E-state index contributed by atoms with van der Waals surface area (Å²) in [5.74, 6) is -0.211. The van der Waals surface area contributed by atoms with E-state index in [1.807, 2.05) is 43.5 Å². The average Bonchev–Trinajstić information content (AvgIpc) is 2.61. The van der Waals surface area contributed by atoms with Gasteiger partial charge in [0.05, 0.1) is 24.5 Å². The number of hydrogen-bond acceptors (Lipinski definition) is 3. The Morgan fingerprint density at radius 3 is 2.88 bits per heavy atom. The van der Waals surface area contributed by atoms with E-state index in [2.05, 4.69) is 4.98 Å². The Morgan fingerprint density at radius 1 is 1.41 bits per heavy atom. The first-order valence-electron chi connectivity index (χ1n) is 5.56. The summed E-state index contributed by atoms with van der Waals surface area (Å²) < 4.78 is 7.16. The molecule has 2 aromatic rings. The highest BCUT2D eigenvalue weighted by molar-refractivity contribution is 5.73. The van der Waals surface area contributed by atoms with Crippen LogP contribution in [0.15, 0.2) is 30.9 Å². The minimum absolute atomic E-state index is 0.211. The van der Waals surface area contributed by atoms with Crippen molar-refractivity contribution in [3.63, 3.8) is 0 Å². The van der Waals surface area contributed by atoms with E-state index in [1.54, 1.807) is 12.5 Å². The molecule has 0 aliphatic rings. The lowest BCUT2D eigenvalue weighted by atomic mass is 10.1. The summed E-state index contributed by atoms with van der Waals surface area (Å²) in [6.45, 7) is 5.60. The molecular formula is C13H16N2O2. The van der Waals surface area contributed by atoms with E-state index in [0.29, 0.717) is 0 Å². The summed E-state index contributed by atoms with van der Waals surface area (Å²) in [5.41, 5.74) is 1.50. The molecular weight excluding hydrogens is 216 g/mol. The SMILES string of the molecule is CC(C)(C)OC(=O)Cc1ccc2cncn2c1. The number of hydrogen-bond donors (Lipinski definition) is 0. The Balaban J connectivity index is 2.10. The Labute approximate surface area is 100 Å². The van der Waals surface area contributed by atoms with Gasteiger partial charge in [-0.05, 0) is 32.4 Å². The fraction of sp³-hybridized carbons (Fsp3) is 0.385. The number of pyridine rings is 1. The third-order valence-corrected chi connectivity index (χ3v) is 2.24. The molecule has 0 amide bonds. The molecule has 0 bridgehead atoms. The van der Waals surface area contributed by atoms with Crippen LogP contribution in [0.5, 0.6) is 0 Å². The number of esters is 1. The van der Waals surface area contributed by atoms with Gasteiger partial charge < -0.3 is 9.14 Å². The predicted octanol–water partition coefficient (Wildman–Crippen LogP) is 2.22. The van der Waals surface area contributed by atoms with Gasteiger partial charge in [-0.25, -0.2) is 4.98 Å². The predicted molar refractivity (Wildman–Crippen MR) is 64.7 cm³/mol. The van der Waals surface area contributed by atoms with E-state index in [9.17, 15) is 4.79 Å². The molecule has 2 heterocycles. The van der Waals surface area contributed by atoms with Crippen molar-refractivity contribution in [3.8, 4) is 0 Å². The molecule has 0 saturated heterocycles. The summed E-state index contributed by atoms with van der Waals surface area (Å²) in [6.07, 6.45) is 5.67. The molecule has 17 heavy (non-hydrogen) atoms. The Morgan fingerprint density at radius 2 is 2.18 bits per heavy atom. The van der Waals surface area contributed by atoms with E-state index in [0.717, 1.165) is 11.1 Å². The van der Waals surface area contributed by atoms with Crippen LogP contribution in [0, 0.1) is 0 Å². The van der Waals surface area contributed by atoms with Crippen LogP contribution in [0.3, 0.4) is 0 Å². The number of nitrogens with zero attached hydrogens (tertiary/aromatic N) is 2. The van der Waals surface area contributed by atoms with Crippen LogP contribution in [0.4, 0.5) is 0 Å². The quantitative estimate of drug-likeness (QED) is 0.746. The van der Waals surface area contributed by atoms with Crippen molar-refractivity contribution in [2.45, 2.75) is 32.8 Å². The Hall–Kier alpha value is -1.84. The van der Waals surface area contributed by atoms with E-state index >= 15 is 0 Å². The molecule has 0 aliphatic heterocycles. The van der Waals surface area contributed by atoms with Gasteiger partial charge >= 0.3 is 5.97 Å². The van der Waals surface area contributed by atoms with Gasteiger partial charge in [0, 0.05) is 6.20 Å². The third-order valence-electron chi connectivity index (χ3n) is 2.24. The second kappa shape index (κ2) is 4.20. The molecule has 0 saturated carbocycles. The highest BCUT2D eigenvalue weighted by Gasteiger charge is 2.16. The number of rotatable bonds is 2. The van der Waals surface area contributed by atoms with Gasteiger partial charge in [-0.3, -0.25) is 4.79 Å². The second-order valence-corrected chi connectivity index (χ2v) is 5.03. The summed E-state index contributed by atoms with van der Waals surface area (Å²) in [7, 11) is 0. The van der Waals surface area contributed by atoms with Crippen LogP contribution < -0.4 is 0 Å². The molecule has 0 aliphatic carbocycles. The first-order valence-corrected chi connectivity index (χ1v) is 5.56. The second-order valence-electron chi connectivity index (χ2n) is 5.03. The summed E-state index contributed by atoms with van der Waals surface area (Å²) >= 11 is 0. The van der Waals surface area contributed by atoms with Gasteiger partial charge in [-0.1, -0.05) is 6.07 Å². The zero-order valence-electron chi connectivity index (χ0n) is 10.3. The molecule has 4 heteroatoms. The lowest BCUT2D eigenvalue weighted by Gasteiger charge is -2.19. The van der Waals surface area contributed by atoms with E-state index in [-0.39, 0.29) is 12.4 Å². The largest absolute Gasteiger partial charge is 0.460 e. The number of imidazole rings is 1. The van der Waals surface area contributed by atoms with Crippen molar-refractivity contribution < 1.29 is 9.53 Å². The monoisotopic (exact) mass is 232 g/mol. The van der Waals surface area contributed by atoms with Gasteiger partial charge in [0.2, 0.25) is 0 Å².